The Morgan fingerprint density at radius 3 is 2.81 bits per heavy atom. The second kappa shape index (κ2) is 15.2. The number of hydrogen-bond donors (Lipinski definition) is 2. The predicted octanol–water partition coefficient (Wildman–Crippen LogP) is 6.65. The molecule has 0 bridgehead atoms. The number of fused-ring (bicyclic) bond motifs is 2. The Hall–Kier alpha value is -4.31. The van der Waals surface area contributed by atoms with Crippen LogP contribution >= 0.6 is 0 Å². The summed E-state index contributed by atoms with van der Waals surface area (Å²) in [5.74, 6) is -0.152. The molecule has 0 fully saturated rings. The summed E-state index contributed by atoms with van der Waals surface area (Å²) in [5, 5.41) is 12.3. The van der Waals surface area contributed by atoms with Crippen LogP contribution in [-0.2, 0) is 0 Å². The maximum Gasteiger partial charge on any atom is 0.248 e. The van der Waals surface area contributed by atoms with E-state index in [9.17, 15) is 0 Å². The lowest BCUT2D eigenvalue weighted by molar-refractivity contribution is -0.449. The molecule has 2 N–H and O–H groups in total. The highest BCUT2D eigenvalue weighted by Gasteiger charge is 2.33. The standard InChI is InChI=1S/C31H35F2N6O2.C2H6/c1-4-6-7-12-35-31(29-21(3)8-9-27-30(29)40-20-22-19-34-13-16-39(22)27)37-26-17-25(33)28(18-24(26)32)41-23-10-14-38(15-11-23)36-5-2;1-2/h5,7-12,14,17-18,34H,4,6,13,15-16,19-20H2,1-3H3,(H,35,37);1-2H3/q+1;/b12-7+,36-5-;. The number of rotatable bonds is 8. The van der Waals surface area contributed by atoms with Crippen molar-refractivity contribution in [3.8, 4) is 11.5 Å². The first-order valence-corrected chi connectivity index (χ1v) is 14.9. The molecule has 3 heterocycles. The Morgan fingerprint density at radius 1 is 1.23 bits per heavy atom. The topological polar surface area (TPSA) is 73.5 Å². The number of anilines is 1. The van der Waals surface area contributed by atoms with Gasteiger partial charge in [0.15, 0.2) is 30.5 Å². The van der Waals surface area contributed by atoms with Gasteiger partial charge in [0.2, 0.25) is 17.1 Å². The zero-order chi connectivity index (χ0) is 30.8. The molecule has 0 spiro atoms. The Balaban J connectivity index is 0.00000207. The summed E-state index contributed by atoms with van der Waals surface area (Å²) in [6, 6.07) is 6.17. The first-order valence-electron chi connectivity index (χ1n) is 14.9. The molecule has 0 unspecified atom stereocenters. The molecule has 2 aromatic rings. The number of nitrogens with zero attached hydrogens (tertiary/aromatic N) is 4. The zero-order valence-corrected chi connectivity index (χ0v) is 25.6. The molecule has 10 heteroatoms. The summed E-state index contributed by atoms with van der Waals surface area (Å²) in [7, 11) is 0. The van der Waals surface area contributed by atoms with Gasteiger partial charge in [-0.05, 0) is 38.0 Å². The molecule has 0 radical (unpaired) electrons. The predicted molar refractivity (Wildman–Crippen MR) is 170 cm³/mol. The van der Waals surface area contributed by atoms with Gasteiger partial charge >= 0.3 is 0 Å². The van der Waals surface area contributed by atoms with Crippen molar-refractivity contribution in [1.29, 1.82) is 0 Å². The van der Waals surface area contributed by atoms with Gasteiger partial charge in [-0.25, -0.2) is 13.8 Å². The molecule has 5 rings (SSSR count). The Bertz CT molecular complexity index is 1490. The van der Waals surface area contributed by atoms with Gasteiger partial charge < -0.3 is 20.1 Å². The monoisotopic (exact) mass is 591 g/mol. The highest BCUT2D eigenvalue weighted by atomic mass is 19.1. The number of hydrogen-bond acceptors (Lipinski definition) is 6. The lowest BCUT2D eigenvalue weighted by Crippen LogP contribution is -2.44. The number of aliphatic imine (C=N–C) groups is 1. The van der Waals surface area contributed by atoms with E-state index in [1.807, 2.05) is 45.9 Å². The number of ether oxygens (including phenoxy) is 2. The van der Waals surface area contributed by atoms with Crippen LogP contribution in [0.5, 0.6) is 11.5 Å². The van der Waals surface area contributed by atoms with Gasteiger partial charge in [0.1, 0.15) is 11.6 Å². The summed E-state index contributed by atoms with van der Waals surface area (Å²) in [5.41, 5.74) is 3.64. The molecule has 0 aromatic heterocycles. The van der Waals surface area contributed by atoms with Crippen LogP contribution in [0.4, 0.5) is 20.2 Å². The van der Waals surface area contributed by atoms with Crippen LogP contribution in [0.3, 0.4) is 0 Å². The van der Waals surface area contributed by atoms with Crippen LogP contribution in [0, 0.1) is 18.6 Å². The number of nitrogens with one attached hydrogen (secondary N) is 2. The fraction of sp³-hybridized carbons (Fsp3) is 0.364. The fourth-order valence-corrected chi connectivity index (χ4v) is 4.84. The van der Waals surface area contributed by atoms with Gasteiger partial charge in [-0.3, -0.25) is 5.01 Å². The summed E-state index contributed by atoms with van der Waals surface area (Å²) >= 11 is 0. The van der Waals surface area contributed by atoms with Crippen molar-refractivity contribution in [2.24, 2.45) is 10.1 Å². The fourth-order valence-electron chi connectivity index (χ4n) is 4.84. The van der Waals surface area contributed by atoms with Gasteiger partial charge in [0.05, 0.1) is 30.9 Å². The van der Waals surface area contributed by atoms with Gasteiger partial charge in [0.25, 0.3) is 0 Å². The smallest absolute Gasteiger partial charge is 0.248 e. The van der Waals surface area contributed by atoms with E-state index in [4.69, 9.17) is 9.47 Å². The minimum absolute atomic E-state index is 0.0589. The van der Waals surface area contributed by atoms with Crippen molar-refractivity contribution in [3.63, 3.8) is 0 Å². The van der Waals surface area contributed by atoms with Gasteiger partial charge in [-0.15, -0.1) is 0 Å². The molecule has 228 valence electrons. The third-order valence-corrected chi connectivity index (χ3v) is 6.90. The third kappa shape index (κ3) is 7.56. The van der Waals surface area contributed by atoms with Crippen molar-refractivity contribution in [3.05, 3.63) is 83.4 Å². The van der Waals surface area contributed by atoms with E-state index in [0.717, 1.165) is 61.6 Å². The molecule has 43 heavy (non-hydrogen) atoms. The van der Waals surface area contributed by atoms with Crippen LogP contribution in [-0.4, -0.2) is 60.1 Å². The Morgan fingerprint density at radius 2 is 2.07 bits per heavy atom. The Kier molecular flexibility index (Phi) is 11.2. The van der Waals surface area contributed by atoms with Crippen molar-refractivity contribution < 1.29 is 22.8 Å². The number of unbranched alkanes of at least 4 members (excludes halogenated alkanes) is 1. The van der Waals surface area contributed by atoms with Crippen LogP contribution in [0.25, 0.3) is 0 Å². The van der Waals surface area contributed by atoms with Crippen LogP contribution in [0.15, 0.2) is 70.7 Å². The van der Waals surface area contributed by atoms with E-state index in [2.05, 4.69) is 32.2 Å². The summed E-state index contributed by atoms with van der Waals surface area (Å²) in [4.78, 5) is 4.66. The van der Waals surface area contributed by atoms with Crippen molar-refractivity contribution in [2.45, 2.75) is 47.5 Å². The molecule has 0 aliphatic carbocycles. The SMILES string of the molecule is C/C=N\N1C=CC(Oc2cc(F)c(NC(=N/C=C/CCC)c3c(C)ccc4c3OCC3=[N+]4CCNC3)cc2F)=CC1.CC. The van der Waals surface area contributed by atoms with E-state index in [0.29, 0.717) is 36.1 Å². The maximum absolute atomic E-state index is 15.4. The number of halogens is 2. The molecule has 0 amide bonds. The molecule has 0 saturated heterocycles. The number of hydrazone groups is 1. The molecule has 3 aliphatic rings. The lowest BCUT2D eigenvalue weighted by Gasteiger charge is -2.25. The maximum atomic E-state index is 15.4. The first-order chi connectivity index (χ1) is 21.0. The van der Waals surface area contributed by atoms with Gasteiger partial charge in [-0.2, -0.15) is 9.68 Å². The molecule has 3 aliphatic heterocycles. The minimum atomic E-state index is -0.707. The van der Waals surface area contributed by atoms with Gasteiger partial charge in [-0.1, -0.05) is 39.3 Å². The Labute approximate surface area is 252 Å². The number of amidine groups is 1. The minimum Gasteiger partial charge on any atom is -0.475 e. The van der Waals surface area contributed by atoms with Crippen LogP contribution in [0.1, 0.15) is 51.7 Å². The number of benzene rings is 2. The first kappa shape index (κ1) is 31.6. The van der Waals surface area contributed by atoms with Gasteiger partial charge in [0, 0.05) is 36.8 Å². The van der Waals surface area contributed by atoms with Crippen LogP contribution < -0.4 is 20.1 Å². The van der Waals surface area contributed by atoms with Crippen molar-refractivity contribution in [1.82, 2.24) is 10.3 Å². The van der Waals surface area contributed by atoms with E-state index in [1.165, 1.54) is 0 Å². The second-order valence-corrected chi connectivity index (χ2v) is 9.85. The quantitative estimate of drug-likeness (QED) is 0.204. The van der Waals surface area contributed by atoms with E-state index < -0.39 is 11.6 Å². The third-order valence-electron chi connectivity index (χ3n) is 6.90. The summed E-state index contributed by atoms with van der Waals surface area (Å²) in [6.45, 7) is 13.2. The molecular formula is C33H41F2N6O2+. The average molecular weight is 592 g/mol. The van der Waals surface area contributed by atoms with E-state index in [-0.39, 0.29) is 11.4 Å². The summed E-state index contributed by atoms with van der Waals surface area (Å²) < 4.78 is 44.8. The summed E-state index contributed by atoms with van der Waals surface area (Å²) in [6.07, 6.45) is 12.2. The van der Waals surface area contributed by atoms with Crippen molar-refractivity contribution in [2.75, 3.05) is 38.1 Å². The molecule has 0 atom stereocenters. The highest BCUT2D eigenvalue weighted by molar-refractivity contribution is 6.12. The lowest BCUT2D eigenvalue weighted by atomic mass is 10.0. The largest absolute Gasteiger partial charge is 0.475 e. The highest BCUT2D eigenvalue weighted by Crippen LogP contribution is 2.37. The molecular weight excluding hydrogens is 550 g/mol. The van der Waals surface area contributed by atoms with Crippen LogP contribution in [0.2, 0.25) is 0 Å². The molecule has 8 nitrogen and oxygen atoms in total. The normalized spacial score (nSPS) is 16.4. The second-order valence-electron chi connectivity index (χ2n) is 9.85. The van der Waals surface area contributed by atoms with E-state index in [1.54, 1.807) is 35.8 Å². The van der Waals surface area contributed by atoms with E-state index >= 15 is 8.78 Å². The number of aryl methyl sites for hydroxylation is 1. The van der Waals surface area contributed by atoms with Crippen molar-refractivity contribution >= 4 is 29.1 Å². The zero-order valence-electron chi connectivity index (χ0n) is 25.6. The number of allylic oxidation sites excluding steroid dienone is 2. The molecule has 0 saturated carbocycles. The molecule has 2 aromatic carbocycles. The average Bonchev–Trinajstić information content (AvgIpc) is 3.03.